The molecule has 0 aromatic carbocycles. The third kappa shape index (κ3) is 2.63. The molecule has 0 radical (unpaired) electrons. The first-order valence-electron chi connectivity index (χ1n) is 6.24. The lowest BCUT2D eigenvalue weighted by atomic mass is 9.97. The van der Waals surface area contributed by atoms with Crippen molar-refractivity contribution in [2.24, 2.45) is 0 Å². The lowest BCUT2D eigenvalue weighted by Gasteiger charge is -2.25. The van der Waals surface area contributed by atoms with E-state index in [1.165, 1.54) is 4.68 Å². The Bertz CT molecular complexity index is 495. The van der Waals surface area contributed by atoms with E-state index in [9.17, 15) is 9.59 Å². The zero-order chi connectivity index (χ0) is 13.3. The number of rotatable bonds is 2. The van der Waals surface area contributed by atoms with Crippen LogP contribution in [0, 0.1) is 0 Å². The normalized spacial score (nSPS) is 17.3. The van der Waals surface area contributed by atoms with E-state index in [4.69, 9.17) is 4.42 Å². The Kier molecular flexibility index (Phi) is 3.28. The van der Waals surface area contributed by atoms with E-state index in [-0.39, 0.29) is 18.0 Å². The molecule has 1 aliphatic rings. The maximum absolute atomic E-state index is 11.7. The molecule has 0 atom stereocenters. The zero-order valence-corrected chi connectivity index (χ0v) is 11.1. The van der Waals surface area contributed by atoms with Crippen molar-refractivity contribution in [2.45, 2.75) is 52.1 Å². The van der Waals surface area contributed by atoms with Crippen LogP contribution in [-0.4, -0.2) is 27.1 Å². The largest absolute Gasteiger partial charge is 0.438 e. The zero-order valence-electron chi connectivity index (χ0n) is 11.1. The Morgan fingerprint density at radius 2 is 2.00 bits per heavy atom. The first-order valence-corrected chi connectivity index (χ1v) is 6.24. The minimum atomic E-state index is -0.502. The second-order valence-corrected chi connectivity index (χ2v) is 5.68. The Morgan fingerprint density at radius 1 is 1.28 bits per heavy atom. The fraction of sp³-hybridized carbons (Fsp3) is 0.750. The van der Waals surface area contributed by atoms with Crippen LogP contribution in [0.25, 0.3) is 0 Å². The van der Waals surface area contributed by atoms with Gasteiger partial charge in [-0.15, -0.1) is 5.10 Å². The molecule has 100 valence electrons. The highest BCUT2D eigenvalue weighted by Crippen LogP contribution is 2.18. The highest BCUT2D eigenvalue weighted by molar-refractivity contribution is 5.76. The summed E-state index contributed by atoms with van der Waals surface area (Å²) < 4.78 is 6.34. The second-order valence-electron chi connectivity index (χ2n) is 5.68. The van der Waals surface area contributed by atoms with Crippen molar-refractivity contribution in [1.29, 1.82) is 0 Å². The number of amides is 1. The van der Waals surface area contributed by atoms with Crippen molar-refractivity contribution < 1.29 is 9.21 Å². The molecule has 1 aromatic rings. The van der Waals surface area contributed by atoms with Gasteiger partial charge in [-0.2, -0.15) is 4.68 Å². The SMILES string of the molecule is CC(C)(C)c1nn(CN2CCCCC2=O)c(=O)o1. The minimum absolute atomic E-state index is 0.0773. The molecule has 1 aliphatic heterocycles. The van der Waals surface area contributed by atoms with Crippen molar-refractivity contribution >= 4 is 5.91 Å². The van der Waals surface area contributed by atoms with E-state index in [1.807, 2.05) is 20.8 Å². The molecule has 0 saturated carbocycles. The van der Waals surface area contributed by atoms with Crippen LogP contribution >= 0.6 is 0 Å². The smallest absolute Gasteiger partial charge is 0.392 e. The van der Waals surface area contributed by atoms with Gasteiger partial charge in [0.25, 0.3) is 0 Å². The third-order valence-electron chi connectivity index (χ3n) is 2.97. The summed E-state index contributed by atoms with van der Waals surface area (Å²) in [5, 5.41) is 4.15. The average Bonchev–Trinajstić information content (AvgIpc) is 2.63. The van der Waals surface area contributed by atoms with Gasteiger partial charge in [0.1, 0.15) is 6.67 Å². The predicted molar refractivity (Wildman–Crippen MR) is 65.0 cm³/mol. The van der Waals surface area contributed by atoms with E-state index in [2.05, 4.69) is 5.10 Å². The first-order chi connectivity index (χ1) is 8.38. The molecule has 0 unspecified atom stereocenters. The van der Waals surface area contributed by atoms with Crippen LogP contribution < -0.4 is 5.76 Å². The van der Waals surface area contributed by atoms with Crippen molar-refractivity contribution in [3.05, 3.63) is 16.4 Å². The lowest BCUT2D eigenvalue weighted by Crippen LogP contribution is -2.39. The molecule has 1 aromatic heterocycles. The maximum atomic E-state index is 11.7. The first kappa shape index (κ1) is 12.9. The van der Waals surface area contributed by atoms with E-state index >= 15 is 0 Å². The summed E-state index contributed by atoms with van der Waals surface area (Å²) in [7, 11) is 0. The third-order valence-corrected chi connectivity index (χ3v) is 2.97. The average molecular weight is 253 g/mol. The summed E-state index contributed by atoms with van der Waals surface area (Å²) in [5.74, 6) is -0.0243. The standard InChI is InChI=1S/C12H19N3O3/c1-12(2,3)10-13-15(11(17)18-10)8-14-7-5-4-6-9(14)16/h4-8H2,1-3H3. The van der Waals surface area contributed by atoms with E-state index in [0.717, 1.165) is 12.8 Å². The molecular weight excluding hydrogens is 234 g/mol. The lowest BCUT2D eigenvalue weighted by molar-refractivity contribution is -0.135. The Hall–Kier alpha value is -1.59. The van der Waals surface area contributed by atoms with E-state index in [0.29, 0.717) is 18.9 Å². The van der Waals surface area contributed by atoms with Crippen molar-refractivity contribution in [2.75, 3.05) is 6.54 Å². The number of aromatic nitrogens is 2. The monoisotopic (exact) mass is 253 g/mol. The topological polar surface area (TPSA) is 68.3 Å². The number of piperidine rings is 1. The fourth-order valence-electron chi connectivity index (χ4n) is 1.87. The molecular formula is C12H19N3O3. The second kappa shape index (κ2) is 4.59. The fourth-order valence-corrected chi connectivity index (χ4v) is 1.87. The summed E-state index contributed by atoms with van der Waals surface area (Å²) in [6, 6.07) is 0. The van der Waals surface area contributed by atoms with Crippen LogP contribution in [0.1, 0.15) is 45.9 Å². The molecule has 0 spiro atoms. The minimum Gasteiger partial charge on any atom is -0.392 e. The molecule has 6 heteroatoms. The molecule has 1 amide bonds. The van der Waals surface area contributed by atoms with Crippen LogP contribution in [0.4, 0.5) is 0 Å². The predicted octanol–water partition coefficient (Wildman–Crippen LogP) is 1.10. The van der Waals surface area contributed by atoms with Gasteiger partial charge in [0, 0.05) is 18.4 Å². The Labute approximate surface area is 106 Å². The van der Waals surface area contributed by atoms with Gasteiger partial charge in [-0.1, -0.05) is 20.8 Å². The number of carbonyl (C=O) groups excluding carboxylic acids is 1. The van der Waals surface area contributed by atoms with Gasteiger partial charge in [0.05, 0.1) is 0 Å². The van der Waals surface area contributed by atoms with Crippen LogP contribution in [0.5, 0.6) is 0 Å². The van der Waals surface area contributed by atoms with Gasteiger partial charge in [0.15, 0.2) is 0 Å². The highest BCUT2D eigenvalue weighted by atomic mass is 16.4. The van der Waals surface area contributed by atoms with E-state index < -0.39 is 5.76 Å². The Balaban J connectivity index is 2.17. The van der Waals surface area contributed by atoms with Gasteiger partial charge in [-0.25, -0.2) is 4.79 Å². The molecule has 18 heavy (non-hydrogen) atoms. The number of likely N-dealkylation sites (tertiary alicyclic amines) is 1. The van der Waals surface area contributed by atoms with Gasteiger partial charge in [-0.05, 0) is 12.8 Å². The number of hydrogen-bond acceptors (Lipinski definition) is 4. The van der Waals surface area contributed by atoms with Gasteiger partial charge < -0.3 is 9.32 Å². The molecule has 2 heterocycles. The van der Waals surface area contributed by atoms with Gasteiger partial charge in [0.2, 0.25) is 11.8 Å². The number of hydrogen-bond donors (Lipinski definition) is 0. The van der Waals surface area contributed by atoms with Gasteiger partial charge >= 0.3 is 5.76 Å². The molecule has 0 N–H and O–H groups in total. The summed E-state index contributed by atoms with van der Waals surface area (Å²) in [4.78, 5) is 25.0. The maximum Gasteiger partial charge on any atom is 0.438 e. The number of carbonyl (C=O) groups is 1. The summed E-state index contributed by atoms with van der Waals surface area (Å²) in [6.45, 7) is 6.65. The molecule has 2 rings (SSSR count). The Morgan fingerprint density at radius 3 is 2.56 bits per heavy atom. The molecule has 6 nitrogen and oxygen atoms in total. The molecule has 0 bridgehead atoms. The quantitative estimate of drug-likeness (QED) is 0.791. The molecule has 0 aliphatic carbocycles. The molecule has 1 fully saturated rings. The summed E-state index contributed by atoms with van der Waals surface area (Å²) >= 11 is 0. The van der Waals surface area contributed by atoms with Crippen LogP contribution in [0.15, 0.2) is 9.21 Å². The summed E-state index contributed by atoms with van der Waals surface area (Å²) in [5.41, 5.74) is -0.309. The van der Waals surface area contributed by atoms with Crippen molar-refractivity contribution in [1.82, 2.24) is 14.7 Å². The highest BCUT2D eigenvalue weighted by Gasteiger charge is 2.24. The van der Waals surface area contributed by atoms with E-state index in [1.54, 1.807) is 4.90 Å². The van der Waals surface area contributed by atoms with Gasteiger partial charge in [-0.3, -0.25) is 4.79 Å². The van der Waals surface area contributed by atoms with Crippen molar-refractivity contribution in [3.8, 4) is 0 Å². The van der Waals surface area contributed by atoms with Crippen molar-refractivity contribution in [3.63, 3.8) is 0 Å². The van der Waals surface area contributed by atoms with Crippen LogP contribution in [0.2, 0.25) is 0 Å². The van der Waals surface area contributed by atoms with Crippen LogP contribution in [-0.2, 0) is 16.9 Å². The molecule has 1 saturated heterocycles. The number of nitrogens with zero attached hydrogens (tertiary/aromatic N) is 3. The van der Waals surface area contributed by atoms with Crippen LogP contribution in [0.3, 0.4) is 0 Å². The summed E-state index contributed by atoms with van der Waals surface area (Å²) in [6.07, 6.45) is 2.46.